The number of aliphatic carboxylic acids is 1. The molecule has 0 spiro atoms. The van der Waals surface area contributed by atoms with E-state index < -0.39 is 5.97 Å². The Balaban J connectivity index is 1.27. The van der Waals surface area contributed by atoms with Gasteiger partial charge in [0, 0.05) is 13.0 Å². The number of hydrogen-bond donors (Lipinski definition) is 2. The van der Waals surface area contributed by atoms with Crippen molar-refractivity contribution in [3.05, 3.63) is 29.4 Å². The number of nitrogens with zero attached hydrogens (tertiary/aromatic N) is 6. The molecular weight excluding hydrogens is 438 g/mol. The lowest BCUT2D eigenvalue weighted by atomic mass is 9.85. The Kier molecular flexibility index (Phi) is 6.16. The number of hydrogen-bond acceptors (Lipinski definition) is 9. The van der Waals surface area contributed by atoms with Gasteiger partial charge >= 0.3 is 12.0 Å². The van der Waals surface area contributed by atoms with E-state index in [4.69, 9.17) is 14.1 Å². The number of ether oxygens (including phenoxy) is 1. The summed E-state index contributed by atoms with van der Waals surface area (Å²) in [4.78, 5) is 16.0. The molecule has 2 fully saturated rings. The van der Waals surface area contributed by atoms with Crippen LogP contribution in [0.25, 0.3) is 11.4 Å². The van der Waals surface area contributed by atoms with Crippen molar-refractivity contribution in [3.8, 4) is 17.1 Å². The zero-order valence-corrected chi connectivity index (χ0v) is 19.4. The molecule has 180 valence electrons. The molecule has 0 amide bonds. The van der Waals surface area contributed by atoms with E-state index in [2.05, 4.69) is 25.8 Å². The van der Waals surface area contributed by atoms with Crippen molar-refractivity contribution in [2.75, 3.05) is 5.32 Å². The number of aromatic nitrogens is 6. The molecule has 3 aromatic rings. The normalized spacial score (nSPS) is 20.6. The van der Waals surface area contributed by atoms with Crippen molar-refractivity contribution in [2.24, 2.45) is 13.0 Å². The van der Waals surface area contributed by atoms with Crippen molar-refractivity contribution in [1.29, 1.82) is 0 Å². The van der Waals surface area contributed by atoms with E-state index in [-0.39, 0.29) is 12.0 Å². The first-order valence-electron chi connectivity index (χ1n) is 11.8. The third kappa shape index (κ3) is 4.59. The molecule has 0 aliphatic heterocycles. The largest absolute Gasteiger partial charge is 0.489 e. The lowest BCUT2D eigenvalue weighted by molar-refractivity contribution is -0.143. The number of pyridine rings is 1. The summed E-state index contributed by atoms with van der Waals surface area (Å²) in [5.74, 6) is 0.649. The minimum absolute atomic E-state index is 0.114. The quantitative estimate of drug-likeness (QED) is 0.506. The van der Waals surface area contributed by atoms with Crippen molar-refractivity contribution < 1.29 is 19.1 Å². The summed E-state index contributed by atoms with van der Waals surface area (Å²) in [5, 5.41) is 29.2. The van der Waals surface area contributed by atoms with Gasteiger partial charge in [-0.05, 0) is 57.6 Å². The van der Waals surface area contributed by atoms with Crippen LogP contribution in [-0.2, 0) is 18.4 Å². The van der Waals surface area contributed by atoms with Crippen LogP contribution in [-0.4, -0.2) is 47.4 Å². The number of carboxylic acid groups (broad SMARTS) is 1. The fraction of sp³-hybridized carbons (Fsp3) is 0.565. The Morgan fingerprint density at radius 1 is 1.21 bits per heavy atom. The lowest BCUT2D eigenvalue weighted by Crippen LogP contribution is -2.29. The molecule has 5 rings (SSSR count). The summed E-state index contributed by atoms with van der Waals surface area (Å²) < 4.78 is 13.6. The number of carbonyl (C=O) groups is 1. The van der Waals surface area contributed by atoms with Crippen molar-refractivity contribution in [1.82, 2.24) is 30.2 Å². The van der Waals surface area contributed by atoms with Gasteiger partial charge in [0.05, 0.1) is 35.6 Å². The van der Waals surface area contributed by atoms with Gasteiger partial charge in [0.25, 0.3) is 0 Å². The van der Waals surface area contributed by atoms with E-state index in [1.165, 1.54) is 6.42 Å². The summed E-state index contributed by atoms with van der Waals surface area (Å²) in [6.07, 6.45) is 6.23. The standard InChI is InChI=1S/C23H29N7O4/c1-13-19(33-16-8-4-7-15(11-16)22(31)32)10-9-17(25-13)20-18(30(2)29-26-20)12-24-23-28-27-21(34-23)14-5-3-6-14/h9-10,14-16H,3-8,11-12H2,1-2H3,(H,24,28)(H,31,32)/t15-,16-/m0/s1. The Morgan fingerprint density at radius 2 is 2.03 bits per heavy atom. The highest BCUT2D eigenvalue weighted by Gasteiger charge is 2.29. The van der Waals surface area contributed by atoms with Gasteiger partial charge in [-0.3, -0.25) is 4.79 Å². The molecule has 0 bridgehead atoms. The predicted molar refractivity (Wildman–Crippen MR) is 121 cm³/mol. The first-order valence-corrected chi connectivity index (χ1v) is 11.8. The van der Waals surface area contributed by atoms with Crippen LogP contribution in [0, 0.1) is 12.8 Å². The third-order valence-corrected chi connectivity index (χ3v) is 6.79. The summed E-state index contributed by atoms with van der Waals surface area (Å²) in [6, 6.07) is 4.11. The molecule has 3 heterocycles. The second-order valence-corrected chi connectivity index (χ2v) is 9.16. The van der Waals surface area contributed by atoms with Gasteiger partial charge in [0.15, 0.2) is 0 Å². The van der Waals surface area contributed by atoms with Gasteiger partial charge in [-0.25, -0.2) is 9.67 Å². The van der Waals surface area contributed by atoms with Gasteiger partial charge in [-0.2, -0.15) is 0 Å². The summed E-state index contributed by atoms with van der Waals surface area (Å²) in [6.45, 7) is 2.29. The van der Waals surface area contributed by atoms with E-state index in [9.17, 15) is 9.90 Å². The van der Waals surface area contributed by atoms with E-state index in [0.717, 1.165) is 37.1 Å². The van der Waals surface area contributed by atoms with Crippen LogP contribution in [0.2, 0.25) is 0 Å². The molecule has 34 heavy (non-hydrogen) atoms. The SMILES string of the molecule is Cc1nc(-c2nnn(C)c2CNc2nnc(C3CCC3)o2)ccc1O[C@H]1CCC[C@H](C(=O)O)C1. The molecule has 0 aromatic carbocycles. The minimum Gasteiger partial charge on any atom is -0.489 e. The molecular formula is C23H29N7O4. The predicted octanol–water partition coefficient (Wildman–Crippen LogP) is 3.47. The Labute approximate surface area is 196 Å². The number of rotatable bonds is 8. The summed E-state index contributed by atoms with van der Waals surface area (Å²) in [5.41, 5.74) is 2.90. The topological polar surface area (TPSA) is 141 Å². The highest BCUT2D eigenvalue weighted by molar-refractivity contribution is 5.70. The number of carboxylic acids is 1. The van der Waals surface area contributed by atoms with Crippen molar-refractivity contribution >= 4 is 12.0 Å². The first kappa shape index (κ1) is 22.3. The lowest BCUT2D eigenvalue weighted by Gasteiger charge is -2.27. The maximum absolute atomic E-state index is 11.3. The molecule has 2 atom stereocenters. The van der Waals surface area contributed by atoms with Gasteiger partial charge in [0.2, 0.25) is 5.89 Å². The molecule has 2 aliphatic rings. The molecule has 0 unspecified atom stereocenters. The Morgan fingerprint density at radius 3 is 2.76 bits per heavy atom. The summed E-state index contributed by atoms with van der Waals surface area (Å²) in [7, 11) is 1.83. The van der Waals surface area contributed by atoms with Crippen LogP contribution >= 0.6 is 0 Å². The number of nitrogens with one attached hydrogen (secondary N) is 1. The summed E-state index contributed by atoms with van der Waals surface area (Å²) >= 11 is 0. The van der Waals surface area contributed by atoms with Crippen LogP contribution in [0.1, 0.15) is 68.1 Å². The highest BCUT2D eigenvalue weighted by Crippen LogP contribution is 2.36. The number of anilines is 1. The fourth-order valence-corrected chi connectivity index (χ4v) is 4.52. The monoisotopic (exact) mass is 467 g/mol. The maximum Gasteiger partial charge on any atom is 0.315 e. The van der Waals surface area contributed by atoms with Crippen LogP contribution in [0.5, 0.6) is 5.75 Å². The second-order valence-electron chi connectivity index (χ2n) is 9.16. The Bertz CT molecular complexity index is 1170. The second kappa shape index (κ2) is 9.40. The zero-order valence-electron chi connectivity index (χ0n) is 19.4. The van der Waals surface area contributed by atoms with E-state index >= 15 is 0 Å². The minimum atomic E-state index is -0.748. The molecule has 11 heteroatoms. The van der Waals surface area contributed by atoms with E-state index in [1.54, 1.807) is 4.68 Å². The van der Waals surface area contributed by atoms with Gasteiger partial charge in [-0.1, -0.05) is 16.7 Å². The fourth-order valence-electron chi connectivity index (χ4n) is 4.52. The van der Waals surface area contributed by atoms with Gasteiger partial charge in [0.1, 0.15) is 11.4 Å². The van der Waals surface area contributed by atoms with Crippen molar-refractivity contribution in [2.45, 2.75) is 70.4 Å². The smallest absolute Gasteiger partial charge is 0.315 e. The third-order valence-electron chi connectivity index (χ3n) is 6.79. The zero-order chi connectivity index (χ0) is 23.7. The molecule has 2 N–H and O–H groups in total. The van der Waals surface area contributed by atoms with E-state index in [1.807, 2.05) is 26.1 Å². The average Bonchev–Trinajstić information content (AvgIpc) is 3.39. The van der Waals surface area contributed by atoms with Crippen LogP contribution in [0.4, 0.5) is 6.01 Å². The Hall–Kier alpha value is -3.50. The van der Waals surface area contributed by atoms with Crippen LogP contribution in [0.3, 0.4) is 0 Å². The van der Waals surface area contributed by atoms with Crippen LogP contribution in [0.15, 0.2) is 16.5 Å². The average molecular weight is 468 g/mol. The number of aryl methyl sites for hydroxylation is 2. The molecule has 0 radical (unpaired) electrons. The van der Waals surface area contributed by atoms with Gasteiger partial charge < -0.3 is 19.6 Å². The first-order chi connectivity index (χ1) is 16.5. The molecule has 3 aromatic heterocycles. The maximum atomic E-state index is 11.3. The van der Waals surface area contributed by atoms with Gasteiger partial charge in [-0.15, -0.1) is 10.2 Å². The van der Waals surface area contributed by atoms with Crippen molar-refractivity contribution in [3.63, 3.8) is 0 Å². The van der Waals surface area contributed by atoms with Crippen LogP contribution < -0.4 is 10.1 Å². The highest BCUT2D eigenvalue weighted by atomic mass is 16.5. The van der Waals surface area contributed by atoms with E-state index in [0.29, 0.717) is 54.3 Å². The molecule has 2 aliphatic carbocycles. The molecule has 11 nitrogen and oxygen atoms in total. The molecule has 0 saturated heterocycles. The molecule has 2 saturated carbocycles.